The standard InChI is InChI=1S/C13H16N4O3/c1-10(18)16-5-4-15-8-11(7-14)13(19)17-9-12-3-2-6-20-12/h2-3,6,8,15H,4-5,9H2,1H3,(H,16,18)(H,17,19)/b11-8-. The van der Waals surface area contributed by atoms with Crippen LogP contribution in [0.2, 0.25) is 0 Å². The minimum atomic E-state index is -0.490. The number of nitrogens with one attached hydrogen (secondary N) is 3. The average molecular weight is 276 g/mol. The summed E-state index contributed by atoms with van der Waals surface area (Å²) in [5, 5.41) is 16.8. The molecular formula is C13H16N4O3. The van der Waals surface area contributed by atoms with Crippen LogP contribution in [-0.4, -0.2) is 24.9 Å². The van der Waals surface area contributed by atoms with E-state index in [2.05, 4.69) is 16.0 Å². The predicted molar refractivity (Wildman–Crippen MR) is 70.9 cm³/mol. The molecule has 1 heterocycles. The molecule has 3 N–H and O–H groups in total. The predicted octanol–water partition coefficient (Wildman–Crippen LogP) is 0.0290. The molecule has 0 saturated heterocycles. The van der Waals surface area contributed by atoms with Gasteiger partial charge in [0.15, 0.2) is 0 Å². The number of carbonyl (C=O) groups excluding carboxylic acids is 2. The van der Waals surface area contributed by atoms with Crippen LogP contribution in [0.4, 0.5) is 0 Å². The molecule has 0 radical (unpaired) electrons. The van der Waals surface area contributed by atoms with Gasteiger partial charge in [0.2, 0.25) is 5.91 Å². The smallest absolute Gasteiger partial charge is 0.263 e. The molecule has 7 heteroatoms. The summed E-state index contributed by atoms with van der Waals surface area (Å²) in [5.74, 6) is -0.0161. The lowest BCUT2D eigenvalue weighted by Gasteiger charge is -2.04. The van der Waals surface area contributed by atoms with E-state index >= 15 is 0 Å². The molecular weight excluding hydrogens is 260 g/mol. The maximum Gasteiger partial charge on any atom is 0.263 e. The summed E-state index contributed by atoms with van der Waals surface area (Å²) in [4.78, 5) is 22.3. The number of carbonyl (C=O) groups is 2. The van der Waals surface area contributed by atoms with E-state index in [1.807, 2.05) is 0 Å². The van der Waals surface area contributed by atoms with Crippen molar-refractivity contribution in [3.05, 3.63) is 35.9 Å². The highest BCUT2D eigenvalue weighted by Crippen LogP contribution is 1.99. The number of furan rings is 1. The molecule has 106 valence electrons. The van der Waals surface area contributed by atoms with Gasteiger partial charge in [-0.05, 0) is 12.1 Å². The van der Waals surface area contributed by atoms with Crippen LogP contribution >= 0.6 is 0 Å². The molecule has 0 unspecified atom stereocenters. The fraction of sp³-hybridized carbons (Fsp3) is 0.308. The van der Waals surface area contributed by atoms with Crippen LogP contribution in [0.15, 0.2) is 34.6 Å². The van der Waals surface area contributed by atoms with Crippen LogP contribution in [0.5, 0.6) is 0 Å². The molecule has 0 spiro atoms. The van der Waals surface area contributed by atoms with E-state index in [0.717, 1.165) is 0 Å². The van der Waals surface area contributed by atoms with Gasteiger partial charge < -0.3 is 20.4 Å². The molecule has 0 aliphatic rings. The maximum absolute atomic E-state index is 11.7. The first-order valence-corrected chi connectivity index (χ1v) is 6.02. The lowest BCUT2D eigenvalue weighted by molar-refractivity contribution is -0.119. The topological polar surface area (TPSA) is 107 Å². The van der Waals surface area contributed by atoms with Crippen molar-refractivity contribution in [2.45, 2.75) is 13.5 Å². The van der Waals surface area contributed by atoms with Crippen molar-refractivity contribution in [2.24, 2.45) is 0 Å². The minimum Gasteiger partial charge on any atom is -0.467 e. The van der Waals surface area contributed by atoms with Gasteiger partial charge >= 0.3 is 0 Å². The van der Waals surface area contributed by atoms with Gasteiger partial charge in [0.05, 0.1) is 12.8 Å². The molecule has 0 aliphatic heterocycles. The summed E-state index contributed by atoms with van der Waals surface area (Å²) in [6.45, 7) is 2.48. The molecule has 0 bridgehead atoms. The van der Waals surface area contributed by atoms with Crippen LogP contribution in [0.1, 0.15) is 12.7 Å². The highest BCUT2D eigenvalue weighted by molar-refractivity contribution is 5.97. The summed E-state index contributed by atoms with van der Waals surface area (Å²) >= 11 is 0. The Hall–Kier alpha value is -2.75. The van der Waals surface area contributed by atoms with Gasteiger partial charge in [-0.1, -0.05) is 0 Å². The molecule has 1 aromatic rings. The first-order chi connectivity index (χ1) is 9.63. The van der Waals surface area contributed by atoms with Crippen LogP contribution in [0.3, 0.4) is 0 Å². The Morgan fingerprint density at radius 1 is 1.40 bits per heavy atom. The Labute approximate surface area is 116 Å². The number of nitrogens with zero attached hydrogens (tertiary/aromatic N) is 1. The van der Waals surface area contributed by atoms with E-state index in [-0.39, 0.29) is 18.0 Å². The Kier molecular flexibility index (Phi) is 6.41. The van der Waals surface area contributed by atoms with E-state index in [1.165, 1.54) is 19.4 Å². The molecule has 1 aromatic heterocycles. The summed E-state index contributed by atoms with van der Waals surface area (Å²) in [7, 11) is 0. The Balaban J connectivity index is 2.34. The summed E-state index contributed by atoms with van der Waals surface area (Å²) < 4.78 is 5.06. The first-order valence-electron chi connectivity index (χ1n) is 6.02. The molecule has 20 heavy (non-hydrogen) atoms. The van der Waals surface area contributed by atoms with Crippen molar-refractivity contribution >= 4 is 11.8 Å². The van der Waals surface area contributed by atoms with E-state index in [0.29, 0.717) is 18.8 Å². The summed E-state index contributed by atoms with van der Waals surface area (Å²) in [6.07, 6.45) is 2.82. The number of amides is 2. The lowest BCUT2D eigenvalue weighted by atomic mass is 10.3. The molecule has 0 atom stereocenters. The largest absolute Gasteiger partial charge is 0.467 e. The molecule has 0 fully saturated rings. The molecule has 1 rings (SSSR count). The van der Waals surface area contributed by atoms with Gasteiger partial charge in [-0.2, -0.15) is 5.26 Å². The van der Waals surface area contributed by atoms with Crippen molar-refractivity contribution in [3.8, 4) is 6.07 Å². The summed E-state index contributed by atoms with van der Waals surface area (Å²) in [6, 6.07) is 5.24. The quantitative estimate of drug-likeness (QED) is 0.370. The second-order valence-electron chi connectivity index (χ2n) is 3.87. The van der Waals surface area contributed by atoms with Crippen LogP contribution in [-0.2, 0) is 16.1 Å². The second-order valence-corrected chi connectivity index (χ2v) is 3.87. The lowest BCUT2D eigenvalue weighted by Crippen LogP contribution is -2.29. The third-order valence-corrected chi connectivity index (χ3v) is 2.26. The first kappa shape index (κ1) is 15.3. The summed E-state index contributed by atoms with van der Waals surface area (Å²) in [5.41, 5.74) is -0.0422. The number of nitriles is 1. The third-order valence-electron chi connectivity index (χ3n) is 2.26. The van der Waals surface area contributed by atoms with E-state index in [1.54, 1.807) is 18.2 Å². The van der Waals surface area contributed by atoms with Crippen molar-refractivity contribution in [1.82, 2.24) is 16.0 Å². The van der Waals surface area contributed by atoms with Gasteiger partial charge in [-0.3, -0.25) is 9.59 Å². The van der Waals surface area contributed by atoms with E-state index < -0.39 is 5.91 Å². The fourth-order valence-electron chi connectivity index (χ4n) is 1.31. The van der Waals surface area contributed by atoms with E-state index in [4.69, 9.17) is 9.68 Å². The van der Waals surface area contributed by atoms with Gasteiger partial charge in [-0.25, -0.2) is 0 Å². The number of rotatable bonds is 7. The molecule has 0 aromatic carbocycles. The SMILES string of the molecule is CC(=O)NCCN/C=C(/C#N)C(=O)NCc1ccco1. The Morgan fingerprint density at radius 3 is 2.80 bits per heavy atom. The molecule has 2 amide bonds. The van der Waals surface area contributed by atoms with Crippen molar-refractivity contribution < 1.29 is 14.0 Å². The van der Waals surface area contributed by atoms with Crippen LogP contribution < -0.4 is 16.0 Å². The zero-order valence-electron chi connectivity index (χ0n) is 11.1. The molecule has 0 aliphatic carbocycles. The van der Waals surface area contributed by atoms with Crippen molar-refractivity contribution in [1.29, 1.82) is 5.26 Å². The maximum atomic E-state index is 11.7. The molecule has 0 saturated carbocycles. The van der Waals surface area contributed by atoms with Gasteiger partial charge in [0.25, 0.3) is 5.91 Å². The van der Waals surface area contributed by atoms with Crippen LogP contribution in [0, 0.1) is 11.3 Å². The number of hydrogen-bond donors (Lipinski definition) is 3. The zero-order chi connectivity index (χ0) is 14.8. The van der Waals surface area contributed by atoms with Crippen molar-refractivity contribution in [3.63, 3.8) is 0 Å². The third kappa shape index (κ3) is 5.73. The zero-order valence-corrected chi connectivity index (χ0v) is 11.1. The highest BCUT2D eigenvalue weighted by Gasteiger charge is 2.08. The van der Waals surface area contributed by atoms with Crippen LogP contribution in [0.25, 0.3) is 0 Å². The average Bonchev–Trinajstić information content (AvgIpc) is 2.93. The second kappa shape index (κ2) is 8.37. The van der Waals surface area contributed by atoms with Gasteiger partial charge in [0.1, 0.15) is 17.4 Å². The monoisotopic (exact) mass is 276 g/mol. The Bertz CT molecular complexity index is 514. The van der Waals surface area contributed by atoms with Gasteiger partial charge in [-0.15, -0.1) is 0 Å². The normalized spacial score (nSPS) is 10.5. The number of hydrogen-bond acceptors (Lipinski definition) is 5. The Morgan fingerprint density at radius 2 is 2.20 bits per heavy atom. The van der Waals surface area contributed by atoms with E-state index in [9.17, 15) is 9.59 Å². The minimum absolute atomic E-state index is 0.0422. The molecule has 7 nitrogen and oxygen atoms in total. The van der Waals surface area contributed by atoms with Gasteiger partial charge in [0, 0.05) is 26.2 Å². The van der Waals surface area contributed by atoms with Crippen molar-refractivity contribution in [2.75, 3.05) is 13.1 Å². The fourth-order valence-corrected chi connectivity index (χ4v) is 1.31. The highest BCUT2D eigenvalue weighted by atomic mass is 16.3.